The highest BCUT2D eigenvalue weighted by Crippen LogP contribution is 2.36. The summed E-state index contributed by atoms with van der Waals surface area (Å²) >= 11 is 0. The van der Waals surface area contributed by atoms with Crippen LogP contribution in [0.5, 0.6) is 5.75 Å². The maximum atomic E-state index is 5.72. The van der Waals surface area contributed by atoms with E-state index in [1.165, 1.54) is 104 Å². The van der Waals surface area contributed by atoms with Crippen molar-refractivity contribution in [2.75, 3.05) is 0 Å². The molecule has 0 amide bonds. The summed E-state index contributed by atoms with van der Waals surface area (Å²) in [4.78, 5) is 0. The van der Waals surface area contributed by atoms with Gasteiger partial charge in [0.15, 0.2) is 0 Å². The van der Waals surface area contributed by atoms with Crippen LogP contribution >= 0.6 is 0 Å². The van der Waals surface area contributed by atoms with Crippen LogP contribution in [0.25, 0.3) is 0 Å². The molecule has 1 heteroatoms. The number of hydrogen-bond donors (Lipinski definition) is 0. The van der Waals surface area contributed by atoms with Gasteiger partial charge in [0.05, 0.1) is 0 Å². The summed E-state index contributed by atoms with van der Waals surface area (Å²) in [6, 6.07) is 86.7. The van der Waals surface area contributed by atoms with Crippen LogP contribution in [0, 0.1) is 29.1 Å². The van der Waals surface area contributed by atoms with Gasteiger partial charge in [0.1, 0.15) is 12.4 Å². The molecule has 0 spiro atoms. The first-order valence-corrected chi connectivity index (χ1v) is 37.2. The van der Waals surface area contributed by atoms with Gasteiger partial charge in [-0.15, -0.1) is 0 Å². The van der Waals surface area contributed by atoms with Crippen LogP contribution in [0.2, 0.25) is 0 Å². The maximum Gasteiger partial charge on any atom is 0.119 e. The lowest BCUT2D eigenvalue weighted by molar-refractivity contribution is 0.306. The second kappa shape index (κ2) is 40.7. The number of rotatable bonds is 17. The van der Waals surface area contributed by atoms with E-state index in [2.05, 4.69) is 385 Å². The predicted octanol–water partition coefficient (Wildman–Crippen LogP) is 28.5. The molecule has 0 heterocycles. The Hall–Kier alpha value is -7.48. The average molecular weight is 1330 g/mol. The Morgan fingerprint density at radius 1 is 0.343 bits per heavy atom. The van der Waals surface area contributed by atoms with Gasteiger partial charge in [0.25, 0.3) is 0 Å². The summed E-state index contributed by atoms with van der Waals surface area (Å²) in [5.74, 6) is 2.97. The zero-order valence-electron chi connectivity index (χ0n) is 66.7. The third-order valence-electron chi connectivity index (χ3n) is 18.8. The lowest BCUT2D eigenvalue weighted by Gasteiger charge is -2.27. The van der Waals surface area contributed by atoms with Gasteiger partial charge >= 0.3 is 0 Å². The van der Waals surface area contributed by atoms with Crippen molar-refractivity contribution in [3.05, 3.63) is 327 Å². The molecule has 99 heavy (non-hydrogen) atoms. The molecular formula is C98H134O. The van der Waals surface area contributed by atoms with E-state index in [1.807, 2.05) is 30.3 Å². The summed E-state index contributed by atoms with van der Waals surface area (Å²) < 4.78 is 5.72. The zero-order chi connectivity index (χ0) is 73.5. The van der Waals surface area contributed by atoms with Gasteiger partial charge in [0.2, 0.25) is 0 Å². The van der Waals surface area contributed by atoms with E-state index < -0.39 is 0 Å². The van der Waals surface area contributed by atoms with Crippen molar-refractivity contribution < 1.29 is 4.74 Å². The zero-order valence-corrected chi connectivity index (χ0v) is 66.7. The van der Waals surface area contributed by atoms with E-state index in [4.69, 9.17) is 4.74 Å². The van der Waals surface area contributed by atoms with Gasteiger partial charge in [-0.05, 0) is 201 Å². The van der Waals surface area contributed by atoms with Crippen molar-refractivity contribution >= 4 is 0 Å². The Morgan fingerprint density at radius 3 is 1.08 bits per heavy atom. The van der Waals surface area contributed by atoms with Crippen molar-refractivity contribution in [2.24, 2.45) is 22.2 Å². The Balaban J connectivity index is 0.000000254. The van der Waals surface area contributed by atoms with Crippen molar-refractivity contribution in [3.63, 3.8) is 0 Å². The van der Waals surface area contributed by atoms with Crippen molar-refractivity contribution in [1.29, 1.82) is 0 Å². The monoisotopic (exact) mass is 1330 g/mol. The molecule has 3 unspecified atom stereocenters. The number of benzene rings is 9. The van der Waals surface area contributed by atoms with Gasteiger partial charge in [-0.3, -0.25) is 0 Å². The first kappa shape index (κ1) is 83.9. The topological polar surface area (TPSA) is 9.23 Å². The fourth-order valence-electron chi connectivity index (χ4n) is 11.1. The average Bonchev–Trinajstić information content (AvgIpc) is 1.22. The molecular weight excluding hydrogens is 1190 g/mol. The highest BCUT2D eigenvalue weighted by molar-refractivity contribution is 5.34. The molecule has 0 saturated heterocycles. The molecule has 532 valence electrons. The smallest absolute Gasteiger partial charge is 0.119 e. The molecule has 0 aliphatic carbocycles. The van der Waals surface area contributed by atoms with Crippen LogP contribution in [0.1, 0.15) is 263 Å². The number of aryl methyl sites for hydroxylation is 4. The molecule has 0 radical (unpaired) electrons. The molecule has 3 atom stereocenters. The molecule has 0 saturated carbocycles. The van der Waals surface area contributed by atoms with Gasteiger partial charge in [-0.1, -0.05) is 393 Å². The second-order valence-electron chi connectivity index (χ2n) is 34.6. The number of hydrogen-bond acceptors (Lipinski definition) is 1. The third kappa shape index (κ3) is 34.9. The minimum atomic E-state index is 0.207. The molecule has 0 aromatic heterocycles. The predicted molar refractivity (Wildman–Crippen MR) is 438 cm³/mol. The second-order valence-corrected chi connectivity index (χ2v) is 34.6. The highest BCUT2D eigenvalue weighted by Gasteiger charge is 2.23. The minimum absolute atomic E-state index is 0.207. The van der Waals surface area contributed by atoms with E-state index in [0.29, 0.717) is 34.7 Å². The summed E-state index contributed by atoms with van der Waals surface area (Å²) in [6.07, 6.45) is 11.8. The standard InChI is InChI=1S/C21H34.C18H22.C17H20O.C17H20.C13H20.C12H18/c1-17(2)8-7-9-18(3)10-11-19-12-14-20(15-13-19)16-21(4,5)6;1-18(2,3)17-13-11-16(12-14-17)10-9-15-7-5-4-6-8-15;1-17(2,3)15-11-9-14(10-12-15)13-18-16-7-5-4-6-8-16;1-17(2,3)16-11-9-15(10-12-16)13-14-7-5-4-6-8-14;1-10-6-8-12(9-7-10)11(2)13(3,4)5;1-10(12(2,3)4)11-8-6-5-7-9-11/h8,12-15,18H,7,9-11,16H2,1-6H3;4-8,11-14H,9-10H2,1-3H3;4-12H,13H2,1-3H3;4-12H,13H2,1-3H3;6-9,11H,1-5H3;5-10H,1-4H3. The number of allylic oxidation sites excluding steroid dienone is 2. The van der Waals surface area contributed by atoms with Gasteiger partial charge in [-0.25, -0.2) is 0 Å². The van der Waals surface area contributed by atoms with Crippen LogP contribution in [0.15, 0.2) is 254 Å². The Bertz CT molecular complexity index is 3480. The molecule has 0 bridgehead atoms. The normalized spacial score (nSPS) is 12.5. The van der Waals surface area contributed by atoms with Crippen LogP contribution in [0.4, 0.5) is 0 Å². The molecule has 0 fully saturated rings. The minimum Gasteiger partial charge on any atom is -0.489 e. The Labute approximate surface area is 607 Å². The molecule has 0 aliphatic rings. The summed E-state index contributed by atoms with van der Waals surface area (Å²) in [5.41, 5.74) is 21.3. The maximum absolute atomic E-state index is 5.72. The van der Waals surface area contributed by atoms with Crippen LogP contribution in [-0.2, 0) is 55.0 Å². The molecule has 0 N–H and O–H groups in total. The molecule has 1 nitrogen and oxygen atoms in total. The highest BCUT2D eigenvalue weighted by atomic mass is 16.5. The lowest BCUT2D eigenvalue weighted by atomic mass is 9.78. The van der Waals surface area contributed by atoms with Gasteiger partial charge < -0.3 is 4.74 Å². The number of para-hydroxylation sites is 1. The van der Waals surface area contributed by atoms with E-state index in [1.54, 1.807) is 0 Å². The molecule has 9 aromatic rings. The fraction of sp³-hybridized carbons (Fsp3) is 0.429. The summed E-state index contributed by atoms with van der Waals surface area (Å²) in [7, 11) is 0. The molecule has 9 aromatic carbocycles. The van der Waals surface area contributed by atoms with Crippen molar-refractivity contribution in [1.82, 2.24) is 0 Å². The molecule has 9 rings (SSSR count). The quantitative estimate of drug-likeness (QED) is 0.0826. The van der Waals surface area contributed by atoms with E-state index in [9.17, 15) is 0 Å². The Morgan fingerprint density at radius 2 is 0.677 bits per heavy atom. The largest absolute Gasteiger partial charge is 0.489 e. The van der Waals surface area contributed by atoms with E-state index in [-0.39, 0.29) is 16.2 Å². The SMILES string of the molecule is CC(C)(C)c1ccc(CCc2ccccc2)cc1.CC(C)(C)c1ccc(COc2ccccc2)cc1.CC(C)(C)c1ccc(Cc2ccccc2)cc1.CC(C)=CCCC(C)CCc1ccc(CC(C)(C)C)cc1.CC(c1ccccc1)C(C)(C)C.Cc1ccc(C(C)C(C)(C)C)cc1. The lowest BCUT2D eigenvalue weighted by Crippen LogP contribution is -2.15. The Kier molecular flexibility index (Phi) is 34.5. The first-order chi connectivity index (χ1) is 46.3. The van der Waals surface area contributed by atoms with Gasteiger partial charge in [0, 0.05) is 0 Å². The number of ether oxygens (including phenoxy) is 1. The summed E-state index contributed by atoms with van der Waals surface area (Å²) in [6.45, 7) is 54.9. The van der Waals surface area contributed by atoms with E-state index >= 15 is 0 Å². The van der Waals surface area contributed by atoms with Crippen molar-refractivity contribution in [3.8, 4) is 5.75 Å². The third-order valence-corrected chi connectivity index (χ3v) is 18.8. The van der Waals surface area contributed by atoms with Crippen molar-refractivity contribution in [2.45, 2.75) is 252 Å². The van der Waals surface area contributed by atoms with E-state index in [0.717, 1.165) is 37.4 Å². The first-order valence-electron chi connectivity index (χ1n) is 37.2. The van der Waals surface area contributed by atoms with Crippen LogP contribution < -0.4 is 4.74 Å². The van der Waals surface area contributed by atoms with Gasteiger partial charge in [-0.2, -0.15) is 0 Å². The summed E-state index contributed by atoms with van der Waals surface area (Å²) in [5, 5.41) is 0. The fourth-order valence-corrected chi connectivity index (χ4v) is 11.1. The van der Waals surface area contributed by atoms with Crippen LogP contribution in [0.3, 0.4) is 0 Å². The molecule has 0 aliphatic heterocycles. The van der Waals surface area contributed by atoms with Crippen LogP contribution in [-0.4, -0.2) is 0 Å².